The van der Waals surface area contributed by atoms with Crippen molar-refractivity contribution in [1.29, 1.82) is 5.41 Å². The number of nitrogens with one attached hydrogen (secondary N) is 1. The molecule has 1 aliphatic heterocycles. The van der Waals surface area contributed by atoms with Gasteiger partial charge in [-0.2, -0.15) is 13.2 Å². The van der Waals surface area contributed by atoms with E-state index < -0.39 is 17.8 Å². The number of nitrogens with zero attached hydrogens (tertiary/aromatic N) is 3. The number of aromatic nitrogens is 1. The van der Waals surface area contributed by atoms with Gasteiger partial charge in [-0.25, -0.2) is 4.79 Å². The second-order valence-corrected chi connectivity index (χ2v) is 5.62. The lowest BCUT2D eigenvalue weighted by molar-refractivity contribution is -0.137. The Labute approximate surface area is 142 Å². The van der Waals surface area contributed by atoms with E-state index in [0.29, 0.717) is 32.5 Å². The number of amides is 1. The third-order valence-corrected chi connectivity index (χ3v) is 3.54. The number of alkyl halides is 3. The first kappa shape index (κ1) is 19.0. The molecule has 7 nitrogen and oxygen atoms in total. The predicted octanol–water partition coefficient (Wildman–Crippen LogP) is 2.00. The number of morpholine rings is 1. The maximum atomic E-state index is 13.0. The maximum absolute atomic E-state index is 13.0. The maximum Gasteiger partial charge on any atom is 0.417 e. The van der Waals surface area contributed by atoms with Gasteiger partial charge in [-0.1, -0.05) is 0 Å². The SMILES string of the molecule is CN(C)C(=O)OCC(=N)c1ncc(C(F)(F)F)cc1N1CCOCC1. The summed E-state index contributed by atoms with van der Waals surface area (Å²) in [6.07, 6.45) is -4.50. The number of anilines is 1. The zero-order valence-electron chi connectivity index (χ0n) is 13.9. The first-order chi connectivity index (χ1) is 11.7. The van der Waals surface area contributed by atoms with Crippen LogP contribution >= 0.6 is 0 Å². The molecule has 0 radical (unpaired) electrons. The van der Waals surface area contributed by atoms with Crippen molar-refractivity contribution in [1.82, 2.24) is 9.88 Å². The molecule has 1 N–H and O–H groups in total. The van der Waals surface area contributed by atoms with Crippen LogP contribution in [0.15, 0.2) is 12.3 Å². The van der Waals surface area contributed by atoms with Crippen LogP contribution in [0, 0.1) is 5.41 Å². The lowest BCUT2D eigenvalue weighted by Crippen LogP contribution is -2.38. The van der Waals surface area contributed by atoms with E-state index in [9.17, 15) is 18.0 Å². The topological polar surface area (TPSA) is 78.8 Å². The molecular formula is C15H19F3N4O3. The summed E-state index contributed by atoms with van der Waals surface area (Å²) in [5.41, 5.74) is -0.827. The molecule has 2 rings (SSSR count). The smallest absolute Gasteiger partial charge is 0.417 e. The van der Waals surface area contributed by atoms with E-state index in [-0.39, 0.29) is 23.7 Å². The molecule has 138 valence electrons. The quantitative estimate of drug-likeness (QED) is 0.831. The molecule has 0 saturated carbocycles. The Morgan fingerprint density at radius 3 is 2.60 bits per heavy atom. The van der Waals surface area contributed by atoms with Gasteiger partial charge in [0.2, 0.25) is 0 Å². The molecule has 10 heteroatoms. The summed E-state index contributed by atoms with van der Waals surface area (Å²) in [6.45, 7) is 1.14. The molecule has 1 fully saturated rings. The molecule has 1 saturated heterocycles. The fourth-order valence-electron chi connectivity index (χ4n) is 2.22. The van der Waals surface area contributed by atoms with Gasteiger partial charge in [0, 0.05) is 33.4 Å². The molecule has 1 amide bonds. The third-order valence-electron chi connectivity index (χ3n) is 3.54. The van der Waals surface area contributed by atoms with Crippen molar-refractivity contribution in [2.24, 2.45) is 0 Å². The Balaban J connectivity index is 2.28. The van der Waals surface area contributed by atoms with E-state index in [0.717, 1.165) is 6.07 Å². The zero-order valence-corrected chi connectivity index (χ0v) is 13.9. The predicted molar refractivity (Wildman–Crippen MR) is 84.1 cm³/mol. The number of rotatable bonds is 4. The van der Waals surface area contributed by atoms with Gasteiger partial charge < -0.3 is 19.3 Å². The number of hydrogen-bond acceptors (Lipinski definition) is 6. The van der Waals surface area contributed by atoms with E-state index >= 15 is 0 Å². The molecule has 0 aliphatic carbocycles. The lowest BCUT2D eigenvalue weighted by Gasteiger charge is -2.30. The second-order valence-electron chi connectivity index (χ2n) is 5.62. The van der Waals surface area contributed by atoms with Crippen LogP contribution in [-0.2, 0) is 15.7 Å². The second kappa shape index (κ2) is 7.68. The molecular weight excluding hydrogens is 341 g/mol. The third kappa shape index (κ3) is 4.81. The number of hydrogen-bond donors (Lipinski definition) is 1. The average molecular weight is 360 g/mol. The van der Waals surface area contributed by atoms with E-state index in [1.54, 1.807) is 4.90 Å². The average Bonchev–Trinajstić information content (AvgIpc) is 2.58. The summed E-state index contributed by atoms with van der Waals surface area (Å²) in [7, 11) is 2.98. The van der Waals surface area contributed by atoms with E-state index in [1.807, 2.05) is 0 Å². The number of halogens is 3. The summed E-state index contributed by atoms with van der Waals surface area (Å²) in [5, 5.41) is 8.05. The Morgan fingerprint density at radius 1 is 1.40 bits per heavy atom. The monoisotopic (exact) mass is 360 g/mol. The molecule has 0 bridgehead atoms. The fraction of sp³-hybridized carbons (Fsp3) is 0.533. The molecule has 1 aromatic rings. The highest BCUT2D eigenvalue weighted by atomic mass is 19.4. The minimum absolute atomic E-state index is 0.0569. The summed E-state index contributed by atoms with van der Waals surface area (Å²) >= 11 is 0. The first-order valence-electron chi connectivity index (χ1n) is 7.52. The van der Waals surface area contributed by atoms with Crippen LogP contribution in [0.5, 0.6) is 0 Å². The van der Waals surface area contributed by atoms with Gasteiger partial charge in [0.15, 0.2) is 0 Å². The molecule has 2 heterocycles. The summed E-state index contributed by atoms with van der Waals surface area (Å²) in [4.78, 5) is 18.1. The number of ether oxygens (including phenoxy) is 2. The first-order valence-corrected chi connectivity index (χ1v) is 7.52. The van der Waals surface area contributed by atoms with Crippen molar-refractivity contribution in [3.63, 3.8) is 0 Å². The van der Waals surface area contributed by atoms with Crippen LogP contribution in [-0.4, -0.2) is 68.7 Å². The Morgan fingerprint density at radius 2 is 2.04 bits per heavy atom. The van der Waals surface area contributed by atoms with Crippen LogP contribution in [0.4, 0.5) is 23.7 Å². The van der Waals surface area contributed by atoms with Crippen molar-refractivity contribution in [2.45, 2.75) is 6.18 Å². The number of carbonyl (C=O) groups excluding carboxylic acids is 1. The van der Waals surface area contributed by atoms with Crippen LogP contribution in [0.2, 0.25) is 0 Å². The van der Waals surface area contributed by atoms with Crippen molar-refractivity contribution < 1.29 is 27.4 Å². The van der Waals surface area contributed by atoms with Crippen molar-refractivity contribution in [3.8, 4) is 0 Å². The number of carbonyl (C=O) groups is 1. The van der Waals surface area contributed by atoms with Gasteiger partial charge in [0.1, 0.15) is 12.3 Å². The highest BCUT2D eigenvalue weighted by Crippen LogP contribution is 2.32. The molecule has 0 atom stereocenters. The van der Waals surface area contributed by atoms with E-state index in [2.05, 4.69) is 4.98 Å². The molecule has 1 aliphatic rings. The van der Waals surface area contributed by atoms with Crippen molar-refractivity contribution in [3.05, 3.63) is 23.5 Å². The number of pyridine rings is 1. The summed E-state index contributed by atoms with van der Waals surface area (Å²) in [6, 6.07) is 0.968. The molecule has 0 spiro atoms. The fourth-order valence-corrected chi connectivity index (χ4v) is 2.22. The van der Waals surface area contributed by atoms with Crippen molar-refractivity contribution in [2.75, 3.05) is 51.9 Å². The molecule has 1 aromatic heterocycles. The minimum Gasteiger partial charge on any atom is -0.443 e. The van der Waals surface area contributed by atoms with Gasteiger partial charge >= 0.3 is 12.3 Å². The van der Waals surface area contributed by atoms with Crippen molar-refractivity contribution >= 4 is 17.5 Å². The molecule has 0 unspecified atom stereocenters. The highest BCUT2D eigenvalue weighted by Gasteiger charge is 2.33. The zero-order chi connectivity index (χ0) is 18.6. The summed E-state index contributed by atoms with van der Waals surface area (Å²) < 4.78 is 49.1. The van der Waals surface area contributed by atoms with Gasteiger partial charge in [-0.15, -0.1) is 0 Å². The van der Waals surface area contributed by atoms with Gasteiger partial charge in [-0.05, 0) is 6.07 Å². The van der Waals surface area contributed by atoms with E-state index in [1.165, 1.54) is 19.0 Å². The standard InChI is InChI=1S/C15H19F3N4O3/c1-21(2)14(23)25-9-11(19)13-12(22-3-5-24-6-4-22)7-10(8-20-13)15(16,17)18/h7-8,19H,3-6,9H2,1-2H3. The Kier molecular flexibility index (Phi) is 5.83. The van der Waals surface area contributed by atoms with Crippen LogP contribution in [0.1, 0.15) is 11.3 Å². The van der Waals surface area contributed by atoms with Gasteiger partial charge in [0.05, 0.1) is 30.2 Å². The lowest BCUT2D eigenvalue weighted by atomic mass is 10.1. The van der Waals surface area contributed by atoms with Crippen LogP contribution in [0.25, 0.3) is 0 Å². The van der Waals surface area contributed by atoms with Crippen LogP contribution in [0.3, 0.4) is 0 Å². The Hall–Kier alpha value is -2.36. The summed E-state index contributed by atoms with van der Waals surface area (Å²) in [5.74, 6) is 0. The Bertz CT molecular complexity index is 643. The molecule has 0 aromatic carbocycles. The normalized spacial score (nSPS) is 15.0. The van der Waals surface area contributed by atoms with Gasteiger partial charge in [-0.3, -0.25) is 10.4 Å². The van der Waals surface area contributed by atoms with Gasteiger partial charge in [0.25, 0.3) is 0 Å². The van der Waals surface area contributed by atoms with E-state index in [4.69, 9.17) is 14.9 Å². The largest absolute Gasteiger partial charge is 0.443 e. The minimum atomic E-state index is -4.54. The van der Waals surface area contributed by atoms with Crippen LogP contribution < -0.4 is 4.90 Å². The molecule has 25 heavy (non-hydrogen) atoms. The highest BCUT2D eigenvalue weighted by molar-refractivity contribution is 6.03.